The number of methoxy groups -OCH3 is 2. The minimum atomic E-state index is -0.682. The molecule has 1 aliphatic rings. The fraction of sp³-hybridized carbons (Fsp3) is 0.222. The van der Waals surface area contributed by atoms with Gasteiger partial charge in [-0.3, -0.25) is 4.79 Å². The quantitative estimate of drug-likeness (QED) is 0.752. The van der Waals surface area contributed by atoms with E-state index in [4.69, 9.17) is 9.47 Å². The zero-order chi connectivity index (χ0) is 18.7. The highest BCUT2D eigenvalue weighted by molar-refractivity contribution is 7.08. The molecule has 1 saturated heterocycles. The van der Waals surface area contributed by atoms with Crippen molar-refractivity contribution >= 4 is 29.0 Å². The Balaban J connectivity index is 1.90. The maximum absolute atomic E-state index is 13.0. The molecule has 2 aromatic rings. The first kappa shape index (κ1) is 17.8. The Morgan fingerprint density at radius 2 is 2.08 bits per heavy atom. The second-order valence-corrected chi connectivity index (χ2v) is 6.47. The lowest BCUT2D eigenvalue weighted by Crippen LogP contribution is -2.51. The van der Waals surface area contributed by atoms with E-state index in [1.807, 2.05) is 16.8 Å². The van der Waals surface area contributed by atoms with Gasteiger partial charge in [-0.25, -0.2) is 4.79 Å². The largest absolute Gasteiger partial charge is 0.497 e. The maximum atomic E-state index is 13.0. The molecule has 1 aromatic heterocycles. The Hall–Kier alpha value is -3.00. The van der Waals surface area contributed by atoms with Gasteiger partial charge in [0.15, 0.2) is 0 Å². The Bertz CT molecular complexity index is 835. The summed E-state index contributed by atoms with van der Waals surface area (Å²) in [6.07, 6.45) is 0. The van der Waals surface area contributed by atoms with Crippen molar-refractivity contribution < 1.29 is 19.1 Å². The molecule has 0 bridgehead atoms. The smallest absolute Gasteiger partial charge is 0.319 e. The van der Waals surface area contributed by atoms with E-state index in [1.54, 1.807) is 25.3 Å². The van der Waals surface area contributed by atoms with Crippen molar-refractivity contribution in [2.45, 2.75) is 6.04 Å². The molecule has 26 heavy (non-hydrogen) atoms. The summed E-state index contributed by atoms with van der Waals surface area (Å²) in [6, 6.07) is 6.12. The Labute approximate surface area is 155 Å². The van der Waals surface area contributed by atoms with Crippen LogP contribution in [0.2, 0.25) is 0 Å². The highest BCUT2D eigenvalue weighted by Gasteiger charge is 2.38. The monoisotopic (exact) mass is 373 g/mol. The number of benzene rings is 1. The molecule has 1 aromatic carbocycles. The summed E-state index contributed by atoms with van der Waals surface area (Å²) in [4.78, 5) is 24.8. The first-order chi connectivity index (χ1) is 12.5. The van der Waals surface area contributed by atoms with Crippen molar-refractivity contribution in [2.24, 2.45) is 5.92 Å². The zero-order valence-electron chi connectivity index (χ0n) is 14.4. The summed E-state index contributed by atoms with van der Waals surface area (Å²) >= 11 is 1.49. The number of carbonyl (C=O) groups excluding carboxylic acids is 2. The van der Waals surface area contributed by atoms with E-state index in [9.17, 15) is 9.59 Å². The van der Waals surface area contributed by atoms with Gasteiger partial charge in [-0.15, -0.1) is 0 Å². The molecule has 1 fully saturated rings. The first-order valence-corrected chi connectivity index (χ1v) is 8.79. The van der Waals surface area contributed by atoms with E-state index in [0.29, 0.717) is 22.9 Å². The Morgan fingerprint density at radius 1 is 1.27 bits per heavy atom. The van der Waals surface area contributed by atoms with Crippen molar-refractivity contribution in [1.29, 1.82) is 0 Å². The summed E-state index contributed by atoms with van der Waals surface area (Å²) < 4.78 is 10.5. The summed E-state index contributed by atoms with van der Waals surface area (Å²) in [5.41, 5.74) is 1.67. The second-order valence-electron chi connectivity index (χ2n) is 5.69. The molecular weight excluding hydrogens is 354 g/mol. The summed E-state index contributed by atoms with van der Waals surface area (Å²) in [7, 11) is 3.06. The molecule has 2 heterocycles. The molecule has 0 aliphatic carbocycles. The third kappa shape index (κ3) is 3.50. The summed E-state index contributed by atoms with van der Waals surface area (Å²) in [6.45, 7) is 3.86. The standard InChI is InChI=1S/C18H19N3O4S/c1-10-15(16(21-18(23)19-10)11-6-7-26-9-11)17(22)20-13-8-12(24-2)4-5-14(13)25-3/h4-9,15-16H,1H2,2-3H3,(H,20,22)(H2,19,21,23)/t15-,16+/m1/s1. The molecule has 0 spiro atoms. The highest BCUT2D eigenvalue weighted by Crippen LogP contribution is 2.34. The lowest BCUT2D eigenvalue weighted by atomic mass is 9.89. The third-order valence-electron chi connectivity index (χ3n) is 4.12. The van der Waals surface area contributed by atoms with Crippen molar-refractivity contribution in [2.75, 3.05) is 19.5 Å². The second kappa shape index (κ2) is 7.49. The lowest BCUT2D eigenvalue weighted by molar-refractivity contribution is -0.119. The number of thiophene rings is 1. The average molecular weight is 373 g/mol. The normalized spacial score (nSPS) is 19.3. The SMILES string of the molecule is C=C1NC(=O)N[C@@H](c2ccsc2)[C@@H]1C(=O)Nc1cc(OC)ccc1OC. The summed E-state index contributed by atoms with van der Waals surface area (Å²) in [5.74, 6) is 0.0949. The third-order valence-corrected chi connectivity index (χ3v) is 4.82. The molecule has 1 aliphatic heterocycles. The van der Waals surface area contributed by atoms with E-state index in [1.165, 1.54) is 18.4 Å². The van der Waals surface area contributed by atoms with Crippen molar-refractivity contribution in [3.8, 4) is 11.5 Å². The fourth-order valence-electron chi connectivity index (χ4n) is 2.85. The maximum Gasteiger partial charge on any atom is 0.319 e. The number of hydrogen-bond donors (Lipinski definition) is 3. The molecule has 3 rings (SSSR count). The van der Waals surface area contributed by atoms with Crippen LogP contribution in [0.3, 0.4) is 0 Å². The van der Waals surface area contributed by atoms with Gasteiger partial charge < -0.3 is 25.4 Å². The molecule has 0 unspecified atom stereocenters. The van der Waals surface area contributed by atoms with Gasteiger partial charge in [0.05, 0.1) is 25.9 Å². The lowest BCUT2D eigenvalue weighted by Gasteiger charge is -2.33. The minimum absolute atomic E-state index is 0.315. The number of amides is 3. The van der Waals surface area contributed by atoms with Gasteiger partial charge in [-0.05, 0) is 34.5 Å². The number of nitrogens with one attached hydrogen (secondary N) is 3. The van der Waals surface area contributed by atoms with Crippen LogP contribution < -0.4 is 25.4 Å². The number of anilines is 1. The number of urea groups is 1. The molecule has 2 atom stereocenters. The van der Waals surface area contributed by atoms with Crippen LogP contribution in [-0.4, -0.2) is 26.2 Å². The van der Waals surface area contributed by atoms with Crippen LogP contribution in [0.4, 0.5) is 10.5 Å². The topological polar surface area (TPSA) is 88.7 Å². The van der Waals surface area contributed by atoms with Crippen LogP contribution in [0.1, 0.15) is 11.6 Å². The molecule has 0 saturated carbocycles. The molecular formula is C18H19N3O4S. The van der Waals surface area contributed by atoms with Gasteiger partial charge in [-0.2, -0.15) is 11.3 Å². The molecule has 3 N–H and O–H groups in total. The minimum Gasteiger partial charge on any atom is -0.497 e. The van der Waals surface area contributed by atoms with Crippen LogP contribution in [-0.2, 0) is 4.79 Å². The van der Waals surface area contributed by atoms with Crippen molar-refractivity contribution in [3.63, 3.8) is 0 Å². The van der Waals surface area contributed by atoms with E-state index in [2.05, 4.69) is 22.5 Å². The molecule has 0 radical (unpaired) electrons. The van der Waals surface area contributed by atoms with Gasteiger partial charge >= 0.3 is 6.03 Å². The molecule has 3 amide bonds. The zero-order valence-corrected chi connectivity index (χ0v) is 15.2. The fourth-order valence-corrected chi connectivity index (χ4v) is 3.54. The molecule has 136 valence electrons. The van der Waals surface area contributed by atoms with Crippen LogP contribution >= 0.6 is 11.3 Å². The average Bonchev–Trinajstić information content (AvgIpc) is 3.15. The summed E-state index contributed by atoms with van der Waals surface area (Å²) in [5, 5.41) is 12.0. The molecule has 7 nitrogen and oxygen atoms in total. The van der Waals surface area contributed by atoms with Gasteiger partial charge in [0, 0.05) is 11.8 Å². The number of carbonyl (C=O) groups is 2. The van der Waals surface area contributed by atoms with Gasteiger partial charge in [0.2, 0.25) is 5.91 Å². The number of ether oxygens (including phenoxy) is 2. The predicted molar refractivity (Wildman–Crippen MR) is 99.5 cm³/mol. The highest BCUT2D eigenvalue weighted by atomic mass is 32.1. The Kier molecular flexibility index (Phi) is 5.13. The van der Waals surface area contributed by atoms with Crippen molar-refractivity contribution in [1.82, 2.24) is 10.6 Å². The number of hydrogen-bond acceptors (Lipinski definition) is 5. The van der Waals surface area contributed by atoms with E-state index >= 15 is 0 Å². The van der Waals surface area contributed by atoms with Crippen molar-refractivity contribution in [3.05, 3.63) is 52.9 Å². The van der Waals surface area contributed by atoms with Crippen LogP contribution in [0.25, 0.3) is 0 Å². The van der Waals surface area contributed by atoms with Gasteiger partial charge in [-0.1, -0.05) is 6.58 Å². The van der Waals surface area contributed by atoms with Crippen LogP contribution in [0.5, 0.6) is 11.5 Å². The number of rotatable bonds is 5. The van der Waals surface area contributed by atoms with Gasteiger partial charge in [0.1, 0.15) is 17.4 Å². The Morgan fingerprint density at radius 3 is 2.73 bits per heavy atom. The predicted octanol–water partition coefficient (Wildman–Crippen LogP) is 2.89. The van der Waals surface area contributed by atoms with Crippen LogP contribution in [0, 0.1) is 5.92 Å². The van der Waals surface area contributed by atoms with Crippen LogP contribution in [0.15, 0.2) is 47.3 Å². The van der Waals surface area contributed by atoms with E-state index < -0.39 is 12.0 Å². The van der Waals surface area contributed by atoms with E-state index in [0.717, 1.165) is 5.56 Å². The van der Waals surface area contributed by atoms with E-state index in [-0.39, 0.29) is 11.9 Å². The van der Waals surface area contributed by atoms with Gasteiger partial charge in [0.25, 0.3) is 0 Å². The molecule has 8 heteroatoms. The first-order valence-electron chi connectivity index (χ1n) is 7.84.